The zero-order chi connectivity index (χ0) is 14.5. The second-order valence-corrected chi connectivity index (χ2v) is 3.87. The maximum Gasteiger partial charge on any atom is 0.271 e. The first kappa shape index (κ1) is 13.4. The van der Waals surface area contributed by atoms with Crippen molar-refractivity contribution >= 4 is 11.4 Å². The lowest BCUT2D eigenvalue weighted by Crippen LogP contribution is -2.01. The highest BCUT2D eigenvalue weighted by Crippen LogP contribution is 2.29. The minimum Gasteiger partial charge on any atom is -0.495 e. The summed E-state index contributed by atoms with van der Waals surface area (Å²) in [5.74, 6) is 1.26. The number of nitro benzene ring substituents is 1. The van der Waals surface area contributed by atoms with Gasteiger partial charge in [0.1, 0.15) is 17.6 Å². The molecule has 0 fully saturated rings. The van der Waals surface area contributed by atoms with E-state index < -0.39 is 4.92 Å². The van der Waals surface area contributed by atoms with Crippen LogP contribution in [0.1, 0.15) is 11.5 Å². The quantitative estimate of drug-likeness (QED) is 0.663. The van der Waals surface area contributed by atoms with Crippen LogP contribution in [0.15, 0.2) is 34.7 Å². The average Bonchev–Trinajstić information content (AvgIpc) is 2.92. The van der Waals surface area contributed by atoms with Gasteiger partial charge in [0.25, 0.3) is 5.69 Å². The van der Waals surface area contributed by atoms with Gasteiger partial charge in [-0.15, -0.1) is 0 Å². The number of benzene rings is 1. The molecule has 1 N–H and O–H groups in total. The zero-order valence-corrected chi connectivity index (χ0v) is 10.6. The van der Waals surface area contributed by atoms with Crippen LogP contribution in [0.3, 0.4) is 0 Å². The fourth-order valence-electron chi connectivity index (χ4n) is 1.66. The molecule has 102 valence electrons. The smallest absolute Gasteiger partial charge is 0.271 e. The van der Waals surface area contributed by atoms with Gasteiger partial charge in [-0.3, -0.25) is 10.1 Å². The van der Waals surface area contributed by atoms with Crippen LogP contribution < -0.4 is 10.1 Å². The number of methoxy groups -OCH3 is 1. The molecule has 0 aliphatic rings. The van der Waals surface area contributed by atoms with Crippen LogP contribution >= 0.6 is 0 Å². The van der Waals surface area contributed by atoms with Crippen molar-refractivity contribution in [1.29, 1.82) is 5.26 Å². The molecule has 0 unspecified atom stereocenters. The van der Waals surface area contributed by atoms with Gasteiger partial charge in [-0.05, 0) is 18.2 Å². The molecule has 2 rings (SSSR count). The molecular formula is C13H11N3O4. The lowest BCUT2D eigenvalue weighted by molar-refractivity contribution is -0.384. The lowest BCUT2D eigenvalue weighted by Gasteiger charge is -2.09. The molecule has 20 heavy (non-hydrogen) atoms. The Morgan fingerprint density at radius 2 is 2.25 bits per heavy atom. The third kappa shape index (κ3) is 2.87. The van der Waals surface area contributed by atoms with Gasteiger partial charge in [-0.2, -0.15) is 5.26 Å². The standard InChI is InChI=1S/C13H11N3O4/c1-19-13-5-2-9(16(17)18)6-12(13)15-8-11-4-3-10(7-14)20-11/h2-6,15H,8H2,1H3. The molecule has 0 radical (unpaired) electrons. The van der Waals surface area contributed by atoms with E-state index in [2.05, 4.69) is 5.32 Å². The van der Waals surface area contributed by atoms with Gasteiger partial charge < -0.3 is 14.5 Å². The highest BCUT2D eigenvalue weighted by atomic mass is 16.6. The zero-order valence-electron chi connectivity index (χ0n) is 10.6. The summed E-state index contributed by atoms with van der Waals surface area (Å²) in [7, 11) is 1.48. The molecule has 2 aromatic rings. The Morgan fingerprint density at radius 3 is 2.85 bits per heavy atom. The maximum absolute atomic E-state index is 10.8. The number of nitro groups is 1. The topological polar surface area (TPSA) is 101 Å². The molecule has 0 saturated carbocycles. The number of furan rings is 1. The number of anilines is 1. The van der Waals surface area contributed by atoms with Crippen molar-refractivity contribution in [3.8, 4) is 11.8 Å². The number of nitrogens with zero attached hydrogens (tertiary/aromatic N) is 2. The normalized spacial score (nSPS) is 9.80. The van der Waals surface area contributed by atoms with E-state index in [0.29, 0.717) is 23.7 Å². The molecule has 7 heteroatoms. The van der Waals surface area contributed by atoms with Gasteiger partial charge in [-0.1, -0.05) is 0 Å². The Labute approximate surface area is 114 Å². The van der Waals surface area contributed by atoms with Gasteiger partial charge >= 0.3 is 0 Å². The first-order valence-corrected chi connectivity index (χ1v) is 5.69. The molecule has 0 saturated heterocycles. The minimum absolute atomic E-state index is 0.0366. The summed E-state index contributed by atoms with van der Waals surface area (Å²) in [5, 5.41) is 22.4. The fraction of sp³-hybridized carbons (Fsp3) is 0.154. The monoisotopic (exact) mass is 273 g/mol. The molecule has 0 amide bonds. The molecule has 0 bridgehead atoms. The highest BCUT2D eigenvalue weighted by molar-refractivity contribution is 5.61. The third-order valence-electron chi connectivity index (χ3n) is 2.62. The number of hydrogen-bond donors (Lipinski definition) is 1. The molecule has 1 aromatic carbocycles. The summed E-state index contributed by atoms with van der Waals surface area (Å²) in [6, 6.07) is 9.37. The summed E-state index contributed by atoms with van der Waals surface area (Å²) >= 11 is 0. The second kappa shape index (κ2) is 5.75. The van der Waals surface area contributed by atoms with Crippen molar-refractivity contribution in [2.24, 2.45) is 0 Å². The SMILES string of the molecule is COc1ccc([N+](=O)[O-])cc1NCc1ccc(C#N)o1. The molecule has 1 heterocycles. The van der Waals surface area contributed by atoms with Crippen molar-refractivity contribution < 1.29 is 14.1 Å². The van der Waals surface area contributed by atoms with E-state index in [-0.39, 0.29) is 11.4 Å². The number of non-ortho nitro benzene ring substituents is 1. The number of ether oxygens (including phenoxy) is 1. The van der Waals surface area contributed by atoms with Crippen LogP contribution in [0.25, 0.3) is 0 Å². The van der Waals surface area contributed by atoms with Crippen molar-refractivity contribution in [1.82, 2.24) is 0 Å². The largest absolute Gasteiger partial charge is 0.495 e. The van der Waals surface area contributed by atoms with Gasteiger partial charge in [-0.25, -0.2) is 0 Å². The van der Waals surface area contributed by atoms with E-state index in [9.17, 15) is 10.1 Å². The number of rotatable bonds is 5. The summed E-state index contributed by atoms with van der Waals surface area (Å²) in [6.45, 7) is 0.291. The molecule has 1 aromatic heterocycles. The van der Waals surface area contributed by atoms with E-state index in [1.807, 2.05) is 6.07 Å². The fourth-order valence-corrected chi connectivity index (χ4v) is 1.66. The summed E-state index contributed by atoms with van der Waals surface area (Å²) in [5.41, 5.74) is 0.446. The maximum atomic E-state index is 10.8. The van der Waals surface area contributed by atoms with Crippen LogP contribution in [0.5, 0.6) is 5.75 Å². The highest BCUT2D eigenvalue weighted by Gasteiger charge is 2.11. The van der Waals surface area contributed by atoms with Crippen LogP contribution in [0.4, 0.5) is 11.4 Å². The molecule has 7 nitrogen and oxygen atoms in total. The molecular weight excluding hydrogens is 262 g/mol. The summed E-state index contributed by atoms with van der Waals surface area (Å²) in [4.78, 5) is 10.3. The number of nitrogens with one attached hydrogen (secondary N) is 1. The van der Waals surface area contributed by atoms with Gasteiger partial charge in [0.2, 0.25) is 5.76 Å². The first-order valence-electron chi connectivity index (χ1n) is 5.69. The Hall–Kier alpha value is -3.01. The van der Waals surface area contributed by atoms with Crippen LogP contribution in [0.2, 0.25) is 0 Å². The Morgan fingerprint density at radius 1 is 1.45 bits per heavy atom. The first-order chi connectivity index (χ1) is 9.63. The third-order valence-corrected chi connectivity index (χ3v) is 2.62. The Balaban J connectivity index is 2.17. The molecule has 0 aliphatic carbocycles. The minimum atomic E-state index is -0.481. The lowest BCUT2D eigenvalue weighted by atomic mass is 10.2. The van der Waals surface area contributed by atoms with Gasteiger partial charge in [0, 0.05) is 12.1 Å². The van der Waals surface area contributed by atoms with Gasteiger partial charge in [0.05, 0.1) is 24.3 Å². The van der Waals surface area contributed by atoms with E-state index >= 15 is 0 Å². The van der Waals surface area contributed by atoms with Crippen molar-refractivity contribution in [2.45, 2.75) is 6.54 Å². The Bertz CT molecular complexity index is 672. The predicted octanol–water partition coefficient (Wildman–Crippen LogP) is 2.68. The van der Waals surface area contributed by atoms with E-state index in [1.165, 1.54) is 25.3 Å². The van der Waals surface area contributed by atoms with Crippen LogP contribution in [-0.2, 0) is 6.54 Å². The van der Waals surface area contributed by atoms with E-state index in [1.54, 1.807) is 12.1 Å². The number of nitriles is 1. The van der Waals surface area contributed by atoms with Crippen molar-refractivity contribution in [2.75, 3.05) is 12.4 Å². The van der Waals surface area contributed by atoms with Crippen LogP contribution in [0, 0.1) is 21.4 Å². The second-order valence-electron chi connectivity index (χ2n) is 3.87. The van der Waals surface area contributed by atoms with Gasteiger partial charge in [0.15, 0.2) is 0 Å². The average molecular weight is 273 g/mol. The summed E-state index contributed by atoms with van der Waals surface area (Å²) in [6.07, 6.45) is 0. The Kier molecular flexibility index (Phi) is 3.86. The number of hydrogen-bond acceptors (Lipinski definition) is 6. The molecule has 0 spiro atoms. The van der Waals surface area contributed by atoms with Crippen molar-refractivity contribution in [3.63, 3.8) is 0 Å². The van der Waals surface area contributed by atoms with Crippen LogP contribution in [-0.4, -0.2) is 12.0 Å². The summed E-state index contributed by atoms with van der Waals surface area (Å²) < 4.78 is 10.3. The predicted molar refractivity (Wildman–Crippen MR) is 70.4 cm³/mol. The molecule has 0 atom stereocenters. The van der Waals surface area contributed by atoms with E-state index in [0.717, 1.165) is 0 Å². The van der Waals surface area contributed by atoms with E-state index in [4.69, 9.17) is 14.4 Å². The van der Waals surface area contributed by atoms with Crippen molar-refractivity contribution in [3.05, 3.63) is 52.0 Å². The molecule has 0 aliphatic heterocycles.